The first-order valence-corrected chi connectivity index (χ1v) is 7.42. The lowest BCUT2D eigenvalue weighted by molar-refractivity contribution is -0.139. The highest BCUT2D eigenvalue weighted by atomic mass is 32.1. The summed E-state index contributed by atoms with van der Waals surface area (Å²) < 4.78 is 5.09. The predicted octanol–water partition coefficient (Wildman–Crippen LogP) is 2.50. The Hall–Kier alpha value is -1.82. The van der Waals surface area contributed by atoms with Gasteiger partial charge in [0.2, 0.25) is 0 Å². The van der Waals surface area contributed by atoms with Crippen LogP contribution in [0.5, 0.6) is 0 Å². The van der Waals surface area contributed by atoms with Crippen molar-refractivity contribution in [2.24, 2.45) is 0 Å². The van der Waals surface area contributed by atoms with Gasteiger partial charge < -0.3 is 15.4 Å². The number of esters is 1. The third kappa shape index (κ3) is 2.85. The normalized spacial score (nSPS) is 18.6. The van der Waals surface area contributed by atoms with Gasteiger partial charge >= 0.3 is 12.0 Å². The zero-order valence-corrected chi connectivity index (χ0v) is 12.6. The molecule has 2 N–H and O–H groups in total. The molecular formula is C14H18N2O3S. The molecule has 0 aliphatic carbocycles. The van der Waals surface area contributed by atoms with Crippen LogP contribution in [0.2, 0.25) is 0 Å². The molecule has 0 spiro atoms. The first kappa shape index (κ1) is 14.6. The molecule has 0 radical (unpaired) electrons. The predicted molar refractivity (Wildman–Crippen MR) is 77.4 cm³/mol. The van der Waals surface area contributed by atoms with Crippen LogP contribution in [0, 0.1) is 0 Å². The van der Waals surface area contributed by atoms with Crippen LogP contribution in [0.1, 0.15) is 36.6 Å². The number of carbonyl (C=O) groups excluding carboxylic acids is 2. The van der Waals surface area contributed by atoms with Gasteiger partial charge in [-0.15, -0.1) is 11.3 Å². The summed E-state index contributed by atoms with van der Waals surface area (Å²) in [6.45, 7) is 5.86. The molecule has 2 rings (SSSR count). The van der Waals surface area contributed by atoms with Crippen LogP contribution in [0.4, 0.5) is 4.79 Å². The minimum atomic E-state index is -0.437. The van der Waals surface area contributed by atoms with Gasteiger partial charge in [0.25, 0.3) is 0 Å². The van der Waals surface area contributed by atoms with E-state index in [4.69, 9.17) is 4.74 Å². The fraction of sp³-hybridized carbons (Fsp3) is 0.429. The molecule has 2 amide bonds. The number of rotatable bonds is 4. The summed E-state index contributed by atoms with van der Waals surface area (Å²) >= 11 is 1.60. The van der Waals surface area contributed by atoms with Crippen LogP contribution in [-0.2, 0) is 16.0 Å². The smallest absolute Gasteiger partial charge is 0.338 e. The molecule has 0 saturated heterocycles. The Morgan fingerprint density at radius 2 is 2.15 bits per heavy atom. The topological polar surface area (TPSA) is 67.4 Å². The van der Waals surface area contributed by atoms with Crippen LogP contribution in [0.15, 0.2) is 23.4 Å². The number of amides is 2. The quantitative estimate of drug-likeness (QED) is 0.838. The molecule has 1 aromatic heterocycles. The summed E-state index contributed by atoms with van der Waals surface area (Å²) in [5.74, 6) is -0.394. The Morgan fingerprint density at radius 3 is 2.75 bits per heavy atom. The molecule has 1 aliphatic rings. The van der Waals surface area contributed by atoms with Crippen molar-refractivity contribution in [1.82, 2.24) is 10.6 Å². The average Bonchev–Trinajstić information content (AvgIpc) is 2.86. The summed E-state index contributed by atoms with van der Waals surface area (Å²) in [7, 11) is 0. The Balaban J connectivity index is 2.39. The number of nitrogens with one attached hydrogen (secondary N) is 2. The fourth-order valence-electron chi connectivity index (χ4n) is 2.13. The van der Waals surface area contributed by atoms with E-state index >= 15 is 0 Å². The molecule has 108 valence electrons. The van der Waals surface area contributed by atoms with Crippen LogP contribution in [0.3, 0.4) is 0 Å². The Labute approximate surface area is 122 Å². The molecule has 0 bridgehead atoms. The second-order valence-corrected chi connectivity index (χ2v) is 5.65. The molecule has 0 fully saturated rings. The van der Waals surface area contributed by atoms with Crippen molar-refractivity contribution in [2.75, 3.05) is 6.61 Å². The van der Waals surface area contributed by atoms with Crippen molar-refractivity contribution in [1.29, 1.82) is 0 Å². The van der Waals surface area contributed by atoms with Crippen molar-refractivity contribution < 1.29 is 14.3 Å². The maximum absolute atomic E-state index is 12.1. The highest BCUT2D eigenvalue weighted by molar-refractivity contribution is 7.12. The molecule has 1 atom stereocenters. The number of thiophene rings is 1. The van der Waals surface area contributed by atoms with Gasteiger partial charge in [0.05, 0.1) is 18.2 Å². The van der Waals surface area contributed by atoms with E-state index in [9.17, 15) is 9.59 Å². The fourth-order valence-corrected chi connectivity index (χ4v) is 3.14. The van der Waals surface area contributed by atoms with Gasteiger partial charge in [-0.3, -0.25) is 0 Å². The monoisotopic (exact) mass is 294 g/mol. The number of carbonyl (C=O) groups is 2. The van der Waals surface area contributed by atoms with Crippen molar-refractivity contribution in [3.05, 3.63) is 33.2 Å². The minimum absolute atomic E-state index is 0.299. The Morgan fingerprint density at radius 1 is 1.40 bits per heavy atom. The number of ether oxygens (including phenoxy) is 1. The lowest BCUT2D eigenvalue weighted by atomic mass is 10.0. The molecule has 1 aromatic rings. The summed E-state index contributed by atoms with van der Waals surface area (Å²) in [4.78, 5) is 25.9. The van der Waals surface area contributed by atoms with E-state index in [0.717, 1.165) is 11.3 Å². The first-order valence-electron chi connectivity index (χ1n) is 6.60. The molecule has 1 aliphatic heterocycles. The second-order valence-electron chi connectivity index (χ2n) is 4.45. The highest BCUT2D eigenvalue weighted by Gasteiger charge is 2.32. The zero-order chi connectivity index (χ0) is 14.7. The largest absolute Gasteiger partial charge is 0.463 e. The summed E-state index contributed by atoms with van der Waals surface area (Å²) in [6, 6.07) is 3.23. The maximum atomic E-state index is 12.1. The molecule has 0 saturated carbocycles. The van der Waals surface area contributed by atoms with E-state index in [0.29, 0.717) is 17.9 Å². The minimum Gasteiger partial charge on any atom is -0.463 e. The maximum Gasteiger partial charge on any atom is 0.338 e. The van der Waals surface area contributed by atoms with Gasteiger partial charge in [-0.2, -0.15) is 0 Å². The molecule has 0 aromatic carbocycles. The number of allylic oxidation sites excluding steroid dienone is 1. The van der Waals surface area contributed by atoms with Gasteiger partial charge in [0, 0.05) is 15.5 Å². The van der Waals surface area contributed by atoms with E-state index in [2.05, 4.69) is 17.6 Å². The molecule has 5 nitrogen and oxygen atoms in total. The number of hydrogen-bond donors (Lipinski definition) is 2. The zero-order valence-electron chi connectivity index (χ0n) is 11.8. The van der Waals surface area contributed by atoms with E-state index < -0.39 is 12.0 Å². The van der Waals surface area contributed by atoms with E-state index in [1.807, 2.05) is 12.1 Å². The first-order chi connectivity index (χ1) is 9.56. The standard InChI is InChI=1S/C14H18N2O3S/c1-4-9-6-7-10(20-9)12-11(13(17)19-5-2)8(3)15-14(18)16-12/h6-7,12H,4-5H2,1-3H3,(H2,15,16,18). The molecule has 2 heterocycles. The van der Waals surface area contributed by atoms with Crippen molar-refractivity contribution in [3.8, 4) is 0 Å². The van der Waals surface area contributed by atoms with Crippen LogP contribution in [0.25, 0.3) is 0 Å². The highest BCUT2D eigenvalue weighted by Crippen LogP contribution is 2.32. The Bertz CT molecular complexity index is 563. The SMILES string of the molecule is CCOC(=O)C1=C(C)NC(=O)NC1c1ccc(CC)s1. The third-order valence-corrected chi connectivity index (χ3v) is 4.37. The molecule has 20 heavy (non-hydrogen) atoms. The van der Waals surface area contributed by atoms with E-state index in [1.54, 1.807) is 25.2 Å². The van der Waals surface area contributed by atoms with Crippen molar-refractivity contribution in [2.45, 2.75) is 33.2 Å². The van der Waals surface area contributed by atoms with Crippen LogP contribution < -0.4 is 10.6 Å². The summed E-state index contributed by atoms with van der Waals surface area (Å²) in [6.07, 6.45) is 0.932. The van der Waals surface area contributed by atoms with Crippen LogP contribution in [-0.4, -0.2) is 18.6 Å². The lowest BCUT2D eigenvalue weighted by Gasteiger charge is -2.27. The average molecular weight is 294 g/mol. The van der Waals surface area contributed by atoms with Crippen molar-refractivity contribution in [3.63, 3.8) is 0 Å². The van der Waals surface area contributed by atoms with Gasteiger partial charge in [-0.25, -0.2) is 9.59 Å². The van der Waals surface area contributed by atoms with Crippen LogP contribution >= 0.6 is 11.3 Å². The van der Waals surface area contributed by atoms with Gasteiger partial charge in [-0.1, -0.05) is 6.92 Å². The number of urea groups is 1. The van der Waals surface area contributed by atoms with E-state index in [-0.39, 0.29) is 6.03 Å². The van der Waals surface area contributed by atoms with Gasteiger partial charge in [0.1, 0.15) is 0 Å². The summed E-state index contributed by atoms with van der Waals surface area (Å²) in [5.41, 5.74) is 1.01. The molecular weight excluding hydrogens is 276 g/mol. The number of aryl methyl sites for hydroxylation is 1. The third-order valence-electron chi connectivity index (χ3n) is 3.08. The lowest BCUT2D eigenvalue weighted by Crippen LogP contribution is -2.45. The molecule has 1 unspecified atom stereocenters. The van der Waals surface area contributed by atoms with Gasteiger partial charge in [0.15, 0.2) is 0 Å². The number of hydrogen-bond acceptors (Lipinski definition) is 4. The summed E-state index contributed by atoms with van der Waals surface area (Å²) in [5, 5.41) is 5.41. The Kier molecular flexibility index (Phi) is 4.44. The van der Waals surface area contributed by atoms with Crippen molar-refractivity contribution >= 4 is 23.3 Å². The van der Waals surface area contributed by atoms with E-state index in [1.165, 1.54) is 4.88 Å². The van der Waals surface area contributed by atoms with Gasteiger partial charge in [-0.05, 0) is 32.4 Å². The molecule has 6 heteroatoms. The second kappa shape index (κ2) is 6.09.